The Kier molecular flexibility index (Phi) is 7.47. The average Bonchev–Trinajstić information content (AvgIpc) is 2.93. The molecule has 5 nitrogen and oxygen atoms in total. The second-order valence-electron chi connectivity index (χ2n) is 7.74. The molecule has 3 N–H and O–H groups in total. The standard InChI is InChI=1S/C21H36N4O/c1-6-22-20(23-13-14-25(16(2)3)17(4)5)24-15-21(26)12-11-18-9-7-8-10-19(18)21/h7-10,16-17,26H,6,11-15H2,1-5H3,(H2,22,23,24). The zero-order chi connectivity index (χ0) is 19.2. The monoisotopic (exact) mass is 360 g/mol. The smallest absolute Gasteiger partial charge is 0.191 e. The molecule has 0 bridgehead atoms. The van der Waals surface area contributed by atoms with Crippen LogP contribution in [0, 0.1) is 0 Å². The van der Waals surface area contributed by atoms with Gasteiger partial charge in [0.25, 0.3) is 0 Å². The number of hydrogen-bond acceptors (Lipinski definition) is 3. The van der Waals surface area contributed by atoms with E-state index in [4.69, 9.17) is 0 Å². The maximum absolute atomic E-state index is 11.0. The lowest BCUT2D eigenvalue weighted by Crippen LogP contribution is -2.45. The van der Waals surface area contributed by atoms with Crippen LogP contribution in [0.1, 0.15) is 52.2 Å². The highest BCUT2D eigenvalue weighted by atomic mass is 16.3. The van der Waals surface area contributed by atoms with Gasteiger partial charge in [0.15, 0.2) is 5.96 Å². The van der Waals surface area contributed by atoms with E-state index in [9.17, 15) is 5.11 Å². The van der Waals surface area contributed by atoms with Crippen molar-refractivity contribution in [2.75, 3.05) is 26.2 Å². The van der Waals surface area contributed by atoms with Gasteiger partial charge in [-0.15, -0.1) is 0 Å². The molecule has 1 unspecified atom stereocenters. The average molecular weight is 361 g/mol. The minimum atomic E-state index is -0.846. The first-order valence-corrected chi connectivity index (χ1v) is 9.96. The van der Waals surface area contributed by atoms with Gasteiger partial charge in [0.2, 0.25) is 0 Å². The number of rotatable bonds is 8. The summed E-state index contributed by atoms with van der Waals surface area (Å²) in [6.45, 7) is 14.0. The Labute approximate surface area is 158 Å². The zero-order valence-electron chi connectivity index (χ0n) is 17.0. The predicted molar refractivity (Wildman–Crippen MR) is 110 cm³/mol. The summed E-state index contributed by atoms with van der Waals surface area (Å²) in [6.07, 6.45) is 1.66. The first-order valence-electron chi connectivity index (χ1n) is 9.96. The first kappa shape index (κ1) is 20.7. The summed E-state index contributed by atoms with van der Waals surface area (Å²) in [7, 11) is 0. The van der Waals surface area contributed by atoms with E-state index in [1.54, 1.807) is 0 Å². The van der Waals surface area contributed by atoms with Crippen LogP contribution in [0.25, 0.3) is 0 Å². The Bertz CT molecular complexity index is 591. The molecule has 1 atom stereocenters. The van der Waals surface area contributed by atoms with E-state index in [1.807, 2.05) is 18.2 Å². The second-order valence-corrected chi connectivity index (χ2v) is 7.74. The Hall–Kier alpha value is -1.59. The van der Waals surface area contributed by atoms with Crippen molar-refractivity contribution in [2.24, 2.45) is 4.99 Å². The Morgan fingerprint density at radius 3 is 2.54 bits per heavy atom. The van der Waals surface area contributed by atoms with E-state index in [2.05, 4.69) is 61.2 Å². The third-order valence-corrected chi connectivity index (χ3v) is 5.16. The summed E-state index contributed by atoms with van der Waals surface area (Å²) in [6, 6.07) is 9.21. The molecular weight excluding hydrogens is 324 g/mol. The van der Waals surface area contributed by atoms with E-state index in [0.717, 1.165) is 44.0 Å². The van der Waals surface area contributed by atoms with Gasteiger partial charge in [-0.1, -0.05) is 24.3 Å². The van der Waals surface area contributed by atoms with E-state index in [-0.39, 0.29) is 0 Å². The fraction of sp³-hybridized carbons (Fsp3) is 0.667. The molecule has 0 heterocycles. The van der Waals surface area contributed by atoms with Crippen LogP contribution in [0.5, 0.6) is 0 Å². The number of benzene rings is 1. The Morgan fingerprint density at radius 2 is 1.88 bits per heavy atom. The van der Waals surface area contributed by atoms with Gasteiger partial charge in [0.1, 0.15) is 5.60 Å². The van der Waals surface area contributed by atoms with Crippen molar-refractivity contribution in [1.29, 1.82) is 0 Å². The molecule has 0 radical (unpaired) electrons. The van der Waals surface area contributed by atoms with Crippen molar-refractivity contribution in [3.05, 3.63) is 35.4 Å². The number of hydrogen-bond donors (Lipinski definition) is 3. The highest BCUT2D eigenvalue weighted by Gasteiger charge is 2.36. The zero-order valence-corrected chi connectivity index (χ0v) is 17.0. The van der Waals surface area contributed by atoms with E-state index >= 15 is 0 Å². The lowest BCUT2D eigenvalue weighted by atomic mass is 9.96. The van der Waals surface area contributed by atoms with E-state index in [0.29, 0.717) is 18.6 Å². The number of aliphatic hydroxyl groups is 1. The summed E-state index contributed by atoms with van der Waals surface area (Å²) in [5.74, 6) is 0.776. The molecule has 0 saturated heterocycles. The molecule has 1 aromatic rings. The molecule has 2 rings (SSSR count). The van der Waals surface area contributed by atoms with Crippen LogP contribution >= 0.6 is 0 Å². The molecule has 0 saturated carbocycles. The SMILES string of the molecule is CCNC(=NCC1(O)CCc2ccccc21)NCCN(C(C)C)C(C)C. The van der Waals surface area contributed by atoms with Crippen LogP contribution in [0.2, 0.25) is 0 Å². The Balaban J connectivity index is 1.97. The summed E-state index contributed by atoms with van der Waals surface area (Å²) in [5.41, 5.74) is 1.43. The predicted octanol–water partition coefficient (Wildman–Crippen LogP) is 2.49. The number of nitrogens with zero attached hydrogens (tertiary/aromatic N) is 2. The van der Waals surface area contributed by atoms with Crippen molar-refractivity contribution in [3.63, 3.8) is 0 Å². The Morgan fingerprint density at radius 1 is 1.19 bits per heavy atom. The molecule has 146 valence electrons. The fourth-order valence-corrected chi connectivity index (χ4v) is 3.80. The third kappa shape index (κ3) is 5.21. The number of guanidine groups is 1. The van der Waals surface area contributed by atoms with Crippen molar-refractivity contribution in [1.82, 2.24) is 15.5 Å². The van der Waals surface area contributed by atoms with Crippen LogP contribution < -0.4 is 10.6 Å². The topological polar surface area (TPSA) is 59.9 Å². The number of fused-ring (bicyclic) bond motifs is 1. The summed E-state index contributed by atoms with van der Waals surface area (Å²) >= 11 is 0. The normalized spacial score (nSPS) is 20.1. The van der Waals surface area contributed by atoms with Crippen LogP contribution in [0.3, 0.4) is 0 Å². The number of nitrogens with one attached hydrogen (secondary N) is 2. The molecule has 0 aliphatic heterocycles. The van der Waals surface area contributed by atoms with Gasteiger partial charge in [0.05, 0.1) is 6.54 Å². The van der Waals surface area contributed by atoms with Crippen LogP contribution in [0.4, 0.5) is 0 Å². The lowest BCUT2D eigenvalue weighted by molar-refractivity contribution is 0.0485. The quantitative estimate of drug-likeness (QED) is 0.492. The second kappa shape index (κ2) is 9.38. The first-order chi connectivity index (χ1) is 12.4. The van der Waals surface area contributed by atoms with Gasteiger partial charge >= 0.3 is 0 Å². The third-order valence-electron chi connectivity index (χ3n) is 5.16. The minimum Gasteiger partial charge on any atom is -0.383 e. The molecule has 1 aromatic carbocycles. The largest absolute Gasteiger partial charge is 0.383 e. The molecule has 0 spiro atoms. The summed E-state index contributed by atoms with van der Waals surface area (Å²) in [4.78, 5) is 7.13. The van der Waals surface area contributed by atoms with Gasteiger partial charge < -0.3 is 15.7 Å². The number of aryl methyl sites for hydroxylation is 1. The molecular formula is C21H36N4O. The molecule has 0 aromatic heterocycles. The molecule has 0 amide bonds. The molecule has 1 aliphatic carbocycles. The van der Waals surface area contributed by atoms with Crippen molar-refractivity contribution >= 4 is 5.96 Å². The maximum Gasteiger partial charge on any atom is 0.191 e. The van der Waals surface area contributed by atoms with Crippen LogP contribution in [0.15, 0.2) is 29.3 Å². The van der Waals surface area contributed by atoms with Gasteiger partial charge in [0, 0.05) is 31.7 Å². The highest BCUT2D eigenvalue weighted by molar-refractivity contribution is 5.79. The van der Waals surface area contributed by atoms with Crippen molar-refractivity contribution in [3.8, 4) is 0 Å². The van der Waals surface area contributed by atoms with Crippen molar-refractivity contribution in [2.45, 2.75) is 65.1 Å². The number of aliphatic imine (C=N–C) groups is 1. The molecule has 5 heteroatoms. The molecule has 1 aliphatic rings. The minimum absolute atomic E-state index is 0.386. The van der Waals surface area contributed by atoms with Crippen LogP contribution in [-0.4, -0.2) is 54.2 Å². The van der Waals surface area contributed by atoms with E-state index in [1.165, 1.54) is 5.56 Å². The summed E-state index contributed by atoms with van der Waals surface area (Å²) < 4.78 is 0. The van der Waals surface area contributed by atoms with Gasteiger partial charge in [-0.3, -0.25) is 4.90 Å². The van der Waals surface area contributed by atoms with E-state index < -0.39 is 5.60 Å². The van der Waals surface area contributed by atoms with Crippen LogP contribution in [-0.2, 0) is 12.0 Å². The molecule has 26 heavy (non-hydrogen) atoms. The van der Waals surface area contributed by atoms with Crippen molar-refractivity contribution < 1.29 is 5.11 Å². The van der Waals surface area contributed by atoms with Gasteiger partial charge in [-0.25, -0.2) is 4.99 Å². The molecule has 0 fully saturated rings. The summed E-state index contributed by atoms with van der Waals surface area (Å²) in [5, 5.41) is 17.8. The highest BCUT2D eigenvalue weighted by Crippen LogP contribution is 2.36. The van der Waals surface area contributed by atoms with Gasteiger partial charge in [-0.05, 0) is 58.6 Å². The fourth-order valence-electron chi connectivity index (χ4n) is 3.80. The maximum atomic E-state index is 11.0. The van der Waals surface area contributed by atoms with Gasteiger partial charge in [-0.2, -0.15) is 0 Å². The lowest BCUT2D eigenvalue weighted by Gasteiger charge is -2.30.